The lowest BCUT2D eigenvalue weighted by molar-refractivity contribution is -0.125. The van der Waals surface area contributed by atoms with Gasteiger partial charge in [0.15, 0.2) is 6.33 Å². The summed E-state index contributed by atoms with van der Waals surface area (Å²) in [6.07, 6.45) is 5.63. The molecule has 0 unspecified atom stereocenters. The maximum Gasteiger partial charge on any atom is 0.228 e. The molecule has 1 aromatic rings. The van der Waals surface area contributed by atoms with Crippen molar-refractivity contribution < 1.29 is 9.32 Å². The second-order valence-electron chi connectivity index (χ2n) is 4.49. The number of nitrogens with zero attached hydrogens (tertiary/aromatic N) is 2. The number of aromatic nitrogens is 2. The van der Waals surface area contributed by atoms with Gasteiger partial charge in [-0.2, -0.15) is 4.98 Å². The van der Waals surface area contributed by atoms with Crippen molar-refractivity contribution in [2.45, 2.75) is 38.1 Å². The fourth-order valence-corrected chi connectivity index (χ4v) is 2.12. The molecular formula is C11H18N4O2. The Balaban J connectivity index is 1.67. The molecule has 6 heteroatoms. The topological polar surface area (TPSA) is 94.0 Å². The number of hydrogen-bond acceptors (Lipinski definition) is 5. The summed E-state index contributed by atoms with van der Waals surface area (Å²) in [6, 6.07) is 0.275. The third-order valence-corrected chi connectivity index (χ3v) is 3.19. The smallest absolute Gasteiger partial charge is 0.228 e. The van der Waals surface area contributed by atoms with Crippen LogP contribution in [-0.4, -0.2) is 28.6 Å². The van der Waals surface area contributed by atoms with Gasteiger partial charge in [-0.05, 0) is 25.7 Å². The first kappa shape index (κ1) is 12.0. The SMILES string of the molecule is NC1CCC(C(=O)NCCc2ncno2)CC1. The van der Waals surface area contributed by atoms with Gasteiger partial charge in [-0.15, -0.1) is 0 Å². The molecule has 0 bridgehead atoms. The molecule has 0 aromatic carbocycles. The van der Waals surface area contributed by atoms with E-state index in [1.807, 2.05) is 0 Å². The lowest BCUT2D eigenvalue weighted by Gasteiger charge is -2.25. The molecule has 0 spiro atoms. The molecule has 1 aliphatic carbocycles. The number of rotatable bonds is 4. The summed E-state index contributed by atoms with van der Waals surface area (Å²) in [6.45, 7) is 0.545. The van der Waals surface area contributed by atoms with E-state index < -0.39 is 0 Å². The minimum Gasteiger partial charge on any atom is -0.355 e. The van der Waals surface area contributed by atoms with Crippen LogP contribution in [0, 0.1) is 5.92 Å². The van der Waals surface area contributed by atoms with Gasteiger partial charge in [0.05, 0.1) is 0 Å². The summed E-state index contributed by atoms with van der Waals surface area (Å²) in [4.78, 5) is 15.7. The summed E-state index contributed by atoms with van der Waals surface area (Å²) in [7, 11) is 0. The number of nitrogens with one attached hydrogen (secondary N) is 1. The third kappa shape index (κ3) is 3.52. The standard InChI is InChI=1S/C11H18N4O2/c12-9-3-1-8(2-4-9)11(16)13-6-5-10-14-7-15-17-10/h7-9H,1-6,12H2,(H,13,16). The van der Waals surface area contributed by atoms with Gasteiger partial charge in [-0.3, -0.25) is 4.79 Å². The largest absolute Gasteiger partial charge is 0.355 e. The van der Waals surface area contributed by atoms with Gasteiger partial charge in [-0.1, -0.05) is 5.16 Å². The maximum atomic E-state index is 11.8. The van der Waals surface area contributed by atoms with E-state index in [0.717, 1.165) is 25.7 Å². The summed E-state index contributed by atoms with van der Waals surface area (Å²) < 4.78 is 4.85. The zero-order valence-electron chi connectivity index (χ0n) is 9.76. The van der Waals surface area contributed by atoms with Crippen LogP contribution in [0.5, 0.6) is 0 Å². The van der Waals surface area contributed by atoms with E-state index >= 15 is 0 Å². The predicted molar refractivity (Wildman–Crippen MR) is 60.9 cm³/mol. The zero-order chi connectivity index (χ0) is 12.1. The molecule has 0 atom stereocenters. The second kappa shape index (κ2) is 5.77. The van der Waals surface area contributed by atoms with Crippen LogP contribution in [-0.2, 0) is 11.2 Å². The first-order valence-electron chi connectivity index (χ1n) is 6.04. The fourth-order valence-electron chi connectivity index (χ4n) is 2.12. The molecule has 1 fully saturated rings. The van der Waals surface area contributed by atoms with Gasteiger partial charge >= 0.3 is 0 Å². The average Bonchev–Trinajstić information content (AvgIpc) is 2.83. The van der Waals surface area contributed by atoms with Crippen LogP contribution in [0.3, 0.4) is 0 Å². The quantitative estimate of drug-likeness (QED) is 0.784. The number of carbonyl (C=O) groups excluding carboxylic acids is 1. The van der Waals surface area contributed by atoms with Crippen molar-refractivity contribution in [2.24, 2.45) is 11.7 Å². The molecule has 94 valence electrons. The van der Waals surface area contributed by atoms with E-state index in [2.05, 4.69) is 15.5 Å². The Labute approximate surface area is 99.9 Å². The summed E-state index contributed by atoms with van der Waals surface area (Å²) >= 11 is 0. The van der Waals surface area contributed by atoms with E-state index in [-0.39, 0.29) is 17.9 Å². The highest BCUT2D eigenvalue weighted by molar-refractivity contribution is 5.78. The number of amides is 1. The van der Waals surface area contributed by atoms with Crippen molar-refractivity contribution >= 4 is 5.91 Å². The van der Waals surface area contributed by atoms with Crippen LogP contribution in [0.2, 0.25) is 0 Å². The first-order chi connectivity index (χ1) is 8.25. The van der Waals surface area contributed by atoms with Crippen molar-refractivity contribution in [2.75, 3.05) is 6.54 Å². The Kier molecular flexibility index (Phi) is 4.08. The second-order valence-corrected chi connectivity index (χ2v) is 4.49. The average molecular weight is 238 g/mol. The van der Waals surface area contributed by atoms with E-state index in [9.17, 15) is 4.79 Å². The van der Waals surface area contributed by atoms with Crippen LogP contribution in [0.15, 0.2) is 10.9 Å². The van der Waals surface area contributed by atoms with Gasteiger partial charge in [-0.25, -0.2) is 0 Å². The minimum absolute atomic E-state index is 0.122. The minimum atomic E-state index is 0.122. The summed E-state index contributed by atoms with van der Waals surface area (Å²) in [5.41, 5.74) is 5.80. The summed E-state index contributed by atoms with van der Waals surface area (Å²) in [5, 5.41) is 6.40. The number of hydrogen-bond donors (Lipinski definition) is 2. The fraction of sp³-hybridized carbons (Fsp3) is 0.727. The van der Waals surface area contributed by atoms with Crippen LogP contribution < -0.4 is 11.1 Å². The Morgan fingerprint density at radius 3 is 2.88 bits per heavy atom. The van der Waals surface area contributed by atoms with Gasteiger partial charge in [0.1, 0.15) is 0 Å². The van der Waals surface area contributed by atoms with Crippen molar-refractivity contribution in [1.29, 1.82) is 0 Å². The third-order valence-electron chi connectivity index (χ3n) is 3.19. The van der Waals surface area contributed by atoms with Crippen LogP contribution >= 0.6 is 0 Å². The normalized spacial score (nSPS) is 24.5. The molecule has 2 rings (SSSR count). The first-order valence-corrected chi connectivity index (χ1v) is 6.04. The molecule has 1 heterocycles. The monoisotopic (exact) mass is 238 g/mol. The highest BCUT2D eigenvalue weighted by atomic mass is 16.5. The van der Waals surface area contributed by atoms with Crippen LogP contribution in [0.25, 0.3) is 0 Å². The van der Waals surface area contributed by atoms with Gasteiger partial charge in [0, 0.05) is 24.9 Å². The van der Waals surface area contributed by atoms with E-state index in [1.165, 1.54) is 6.33 Å². The molecule has 0 aliphatic heterocycles. The van der Waals surface area contributed by atoms with Gasteiger partial charge in [0.25, 0.3) is 0 Å². The lowest BCUT2D eigenvalue weighted by Crippen LogP contribution is -2.37. The molecule has 1 aliphatic rings. The molecule has 6 nitrogen and oxygen atoms in total. The van der Waals surface area contributed by atoms with E-state index in [0.29, 0.717) is 18.9 Å². The molecule has 0 saturated heterocycles. The molecule has 1 amide bonds. The molecule has 17 heavy (non-hydrogen) atoms. The van der Waals surface area contributed by atoms with Gasteiger partial charge < -0.3 is 15.6 Å². The summed E-state index contributed by atoms with van der Waals surface area (Å²) in [5.74, 6) is 0.796. The highest BCUT2D eigenvalue weighted by Crippen LogP contribution is 2.22. The van der Waals surface area contributed by atoms with Crippen molar-refractivity contribution in [3.05, 3.63) is 12.2 Å². The van der Waals surface area contributed by atoms with Crippen LogP contribution in [0.4, 0.5) is 0 Å². The highest BCUT2D eigenvalue weighted by Gasteiger charge is 2.24. The Hall–Kier alpha value is -1.43. The predicted octanol–water partition coefficient (Wildman–Crippen LogP) is 0.246. The Morgan fingerprint density at radius 2 is 2.24 bits per heavy atom. The van der Waals surface area contributed by atoms with Crippen molar-refractivity contribution in [3.63, 3.8) is 0 Å². The number of nitrogens with two attached hydrogens (primary N) is 1. The van der Waals surface area contributed by atoms with E-state index in [4.69, 9.17) is 10.3 Å². The molecular weight excluding hydrogens is 220 g/mol. The van der Waals surface area contributed by atoms with Crippen molar-refractivity contribution in [3.8, 4) is 0 Å². The molecule has 3 N–H and O–H groups in total. The van der Waals surface area contributed by atoms with E-state index in [1.54, 1.807) is 0 Å². The zero-order valence-corrected chi connectivity index (χ0v) is 9.76. The maximum absolute atomic E-state index is 11.8. The Morgan fingerprint density at radius 1 is 1.47 bits per heavy atom. The molecule has 1 saturated carbocycles. The molecule has 1 aromatic heterocycles. The van der Waals surface area contributed by atoms with Crippen LogP contribution in [0.1, 0.15) is 31.6 Å². The number of carbonyl (C=O) groups is 1. The van der Waals surface area contributed by atoms with Crippen molar-refractivity contribution in [1.82, 2.24) is 15.5 Å². The lowest BCUT2D eigenvalue weighted by atomic mass is 9.86. The van der Waals surface area contributed by atoms with Gasteiger partial charge in [0.2, 0.25) is 11.8 Å². The molecule has 0 radical (unpaired) electrons. The Bertz CT molecular complexity index is 344.